The lowest BCUT2D eigenvalue weighted by atomic mass is 9.90. The minimum atomic E-state index is -2.87. The number of nitrogens with zero attached hydrogens (tertiary/aromatic N) is 5. The molecule has 3 aliphatic heterocycles. The van der Waals surface area contributed by atoms with E-state index in [9.17, 15) is 27.4 Å². The zero-order chi connectivity index (χ0) is 35.0. The van der Waals surface area contributed by atoms with E-state index in [1.165, 1.54) is 38.3 Å². The van der Waals surface area contributed by atoms with E-state index in [0.717, 1.165) is 62.9 Å². The van der Waals surface area contributed by atoms with Crippen LogP contribution in [0.3, 0.4) is 0 Å². The second kappa shape index (κ2) is 16.9. The SMILES string of the molecule is C1CCCC1.O=C1CCC(c2cccc(N3CCN(CCS(=O)N4CCC(Nc5ncc6cc(C(F)F)c(=O)[nH]c6n5)CC4)CC3)c2)C(=O)N1. The molecule has 50 heavy (non-hydrogen) atoms. The van der Waals surface area contributed by atoms with Crippen molar-refractivity contribution in [1.82, 2.24) is 29.5 Å². The summed E-state index contributed by atoms with van der Waals surface area (Å²) in [5.74, 6) is 0.128. The lowest BCUT2D eigenvalue weighted by molar-refractivity contribution is -0.134. The summed E-state index contributed by atoms with van der Waals surface area (Å²) in [4.78, 5) is 51.3. The van der Waals surface area contributed by atoms with Gasteiger partial charge in [-0.05, 0) is 43.0 Å². The lowest BCUT2D eigenvalue weighted by Crippen LogP contribution is -2.48. The standard InChI is InChI=1S/C30H36F2N8O4S.C5H10/c31-26(32)24-17-20-18-33-30(37-27(20)36-29(24)43)34-21-6-8-40(9-7-21)45(44)15-14-38-10-12-39(13-11-38)22-3-1-2-19(16-22)23-4-5-25(41)35-28(23)42;1-2-4-5-3-1/h1-3,16-18,21,23,26H,4-15H2,(H,35,41,42)(H2,33,34,36,37,43);1-5H2. The van der Waals surface area contributed by atoms with Crippen molar-refractivity contribution in [3.8, 4) is 0 Å². The molecule has 2 atom stereocenters. The van der Waals surface area contributed by atoms with Gasteiger partial charge in [0, 0.05) is 75.5 Å². The molecule has 3 N–H and O–H groups in total. The van der Waals surface area contributed by atoms with Crippen molar-refractivity contribution in [1.29, 1.82) is 0 Å². The third kappa shape index (κ3) is 9.29. The largest absolute Gasteiger partial charge is 0.369 e. The average molecular weight is 713 g/mol. The van der Waals surface area contributed by atoms with E-state index >= 15 is 0 Å². The summed E-state index contributed by atoms with van der Waals surface area (Å²) in [6, 6.07) is 9.19. The number of rotatable bonds is 9. The van der Waals surface area contributed by atoms with Crippen LogP contribution in [-0.4, -0.2) is 97.8 Å². The Morgan fingerprint density at radius 1 is 0.940 bits per heavy atom. The number of imide groups is 1. The van der Waals surface area contributed by atoms with Gasteiger partial charge in [0.1, 0.15) is 5.65 Å². The van der Waals surface area contributed by atoms with Crippen molar-refractivity contribution in [2.24, 2.45) is 0 Å². The maximum absolute atomic E-state index is 13.1. The van der Waals surface area contributed by atoms with Crippen molar-refractivity contribution < 1.29 is 22.6 Å². The zero-order valence-electron chi connectivity index (χ0n) is 28.3. The van der Waals surface area contributed by atoms with E-state index < -0.39 is 28.5 Å². The van der Waals surface area contributed by atoms with Crippen molar-refractivity contribution in [3.05, 3.63) is 58.0 Å². The number of aromatic amines is 1. The third-order valence-corrected chi connectivity index (χ3v) is 11.5. The minimum absolute atomic E-state index is 0.0596. The number of aromatic nitrogens is 3. The van der Waals surface area contributed by atoms with Gasteiger partial charge < -0.3 is 15.2 Å². The Kier molecular flexibility index (Phi) is 12.2. The lowest BCUT2D eigenvalue weighted by Gasteiger charge is -2.37. The van der Waals surface area contributed by atoms with E-state index in [4.69, 9.17) is 0 Å². The molecule has 4 fully saturated rings. The smallest absolute Gasteiger partial charge is 0.269 e. The number of nitrogens with one attached hydrogen (secondary N) is 3. The summed E-state index contributed by atoms with van der Waals surface area (Å²) in [5, 5.41) is 6.03. The van der Waals surface area contributed by atoms with Crippen molar-refractivity contribution >= 4 is 45.5 Å². The van der Waals surface area contributed by atoms with E-state index in [0.29, 0.717) is 43.0 Å². The molecule has 270 valence electrons. The summed E-state index contributed by atoms with van der Waals surface area (Å²) in [7, 11) is -1.10. The Hall–Kier alpha value is -3.82. The Morgan fingerprint density at radius 3 is 2.34 bits per heavy atom. The summed E-state index contributed by atoms with van der Waals surface area (Å²) in [5.41, 5.74) is 0.726. The average Bonchev–Trinajstić information content (AvgIpc) is 3.72. The molecular formula is C35H46F2N8O4S. The predicted molar refractivity (Wildman–Crippen MR) is 190 cm³/mol. The van der Waals surface area contributed by atoms with Crippen LogP contribution in [0, 0.1) is 0 Å². The second-order valence-corrected chi connectivity index (χ2v) is 15.0. The highest BCUT2D eigenvalue weighted by atomic mass is 32.2. The maximum Gasteiger partial charge on any atom is 0.269 e. The number of fused-ring (bicyclic) bond motifs is 1. The van der Waals surface area contributed by atoms with E-state index in [-0.39, 0.29) is 29.4 Å². The Balaban J connectivity index is 0.000000794. The molecule has 1 aromatic carbocycles. The van der Waals surface area contributed by atoms with Gasteiger partial charge in [-0.2, -0.15) is 4.98 Å². The molecule has 12 nitrogen and oxygen atoms in total. The van der Waals surface area contributed by atoms with Gasteiger partial charge in [0.25, 0.3) is 12.0 Å². The van der Waals surface area contributed by atoms with Crippen molar-refractivity contribution in [2.45, 2.75) is 76.2 Å². The Morgan fingerprint density at radius 2 is 1.66 bits per heavy atom. The molecule has 0 radical (unpaired) electrons. The van der Waals surface area contributed by atoms with E-state index in [1.807, 2.05) is 16.4 Å². The van der Waals surface area contributed by atoms with Crippen molar-refractivity contribution in [3.63, 3.8) is 0 Å². The van der Waals surface area contributed by atoms with E-state index in [2.05, 4.69) is 47.5 Å². The number of halogens is 2. The molecule has 15 heteroatoms. The number of carbonyl (C=O) groups excluding carboxylic acids is 2. The molecule has 2 amide bonds. The highest BCUT2D eigenvalue weighted by Gasteiger charge is 2.29. The van der Waals surface area contributed by atoms with Crippen LogP contribution in [0.25, 0.3) is 11.0 Å². The number of pyridine rings is 1. The van der Waals surface area contributed by atoms with Gasteiger partial charge in [-0.15, -0.1) is 0 Å². The number of piperazine rings is 1. The van der Waals surface area contributed by atoms with Gasteiger partial charge in [-0.3, -0.25) is 24.6 Å². The molecule has 2 aromatic heterocycles. The predicted octanol–water partition coefficient (Wildman–Crippen LogP) is 4.09. The summed E-state index contributed by atoms with van der Waals surface area (Å²) < 4.78 is 41.1. The van der Waals surface area contributed by atoms with Gasteiger partial charge in [-0.1, -0.05) is 44.2 Å². The molecule has 1 saturated carbocycles. The van der Waals surface area contributed by atoms with Crippen LogP contribution in [0.2, 0.25) is 0 Å². The number of hydrogen-bond donors (Lipinski definition) is 3. The molecule has 5 heterocycles. The van der Waals surface area contributed by atoms with Crippen LogP contribution in [-0.2, 0) is 20.6 Å². The summed E-state index contributed by atoms with van der Waals surface area (Å²) in [6.45, 7) is 5.43. The van der Waals surface area contributed by atoms with Gasteiger partial charge in [0.15, 0.2) is 0 Å². The van der Waals surface area contributed by atoms with E-state index in [1.54, 1.807) is 0 Å². The van der Waals surface area contributed by atoms with Gasteiger partial charge >= 0.3 is 0 Å². The number of alkyl halides is 2. The molecule has 1 aliphatic carbocycles. The van der Waals surface area contributed by atoms with Gasteiger partial charge in [-0.25, -0.2) is 22.3 Å². The first-order valence-electron chi connectivity index (χ1n) is 17.7. The minimum Gasteiger partial charge on any atom is -0.369 e. The third-order valence-electron chi connectivity index (χ3n) is 10.0. The van der Waals surface area contributed by atoms with Gasteiger partial charge in [0.2, 0.25) is 17.8 Å². The quantitative estimate of drug-likeness (QED) is 0.280. The molecule has 2 unspecified atom stereocenters. The Bertz CT molecular complexity index is 1710. The first kappa shape index (κ1) is 36.0. The highest BCUT2D eigenvalue weighted by Crippen LogP contribution is 2.28. The zero-order valence-corrected chi connectivity index (χ0v) is 29.1. The number of hydrogen-bond acceptors (Lipinski definition) is 9. The summed E-state index contributed by atoms with van der Waals surface area (Å²) in [6.07, 6.45) is 8.41. The van der Waals surface area contributed by atoms with Crippen LogP contribution in [0.15, 0.2) is 41.3 Å². The normalized spacial score (nSPS) is 21.6. The fourth-order valence-corrected chi connectivity index (χ4v) is 8.32. The maximum atomic E-state index is 13.1. The van der Waals surface area contributed by atoms with Crippen LogP contribution >= 0.6 is 0 Å². The molecule has 3 saturated heterocycles. The monoisotopic (exact) mass is 712 g/mol. The second-order valence-electron chi connectivity index (χ2n) is 13.4. The first-order chi connectivity index (χ1) is 24.2. The van der Waals surface area contributed by atoms with Crippen LogP contribution < -0.4 is 21.1 Å². The fraction of sp³-hybridized carbons (Fsp3) is 0.571. The summed E-state index contributed by atoms with van der Waals surface area (Å²) >= 11 is 0. The van der Waals surface area contributed by atoms with Crippen LogP contribution in [0.4, 0.5) is 20.4 Å². The number of carbonyl (C=O) groups is 2. The van der Waals surface area contributed by atoms with Gasteiger partial charge in [0.05, 0.1) is 28.2 Å². The van der Waals surface area contributed by atoms with Crippen molar-refractivity contribution in [2.75, 3.05) is 61.8 Å². The molecule has 4 aliphatic rings. The Labute approximate surface area is 293 Å². The molecule has 0 bridgehead atoms. The molecule has 7 rings (SSSR count). The molecule has 0 spiro atoms. The topological polar surface area (TPSA) is 144 Å². The highest BCUT2D eigenvalue weighted by molar-refractivity contribution is 7.82. The number of amides is 2. The number of benzene rings is 1. The number of anilines is 2. The fourth-order valence-electron chi connectivity index (χ4n) is 7.03. The number of H-pyrrole nitrogens is 1. The molecule has 3 aromatic rings. The van der Waals surface area contributed by atoms with Crippen LogP contribution in [0.5, 0.6) is 0 Å². The number of piperidine rings is 2. The first-order valence-corrected chi connectivity index (χ1v) is 19.0. The molecular weight excluding hydrogens is 666 g/mol. The van der Waals surface area contributed by atoms with Crippen LogP contribution in [0.1, 0.15) is 81.3 Å².